The van der Waals surface area contributed by atoms with Gasteiger partial charge in [-0.2, -0.15) is 4.31 Å². The maximum Gasteiger partial charge on any atom is 0.269 e. The Balaban J connectivity index is 2.49. The van der Waals surface area contributed by atoms with Crippen LogP contribution in [0.2, 0.25) is 5.02 Å². The summed E-state index contributed by atoms with van der Waals surface area (Å²) in [5.41, 5.74) is 1.60. The molecule has 144 valence electrons. The van der Waals surface area contributed by atoms with Gasteiger partial charge >= 0.3 is 0 Å². The molecule has 0 bridgehead atoms. The lowest BCUT2D eigenvalue weighted by atomic mass is 10.2. The van der Waals surface area contributed by atoms with Crippen molar-refractivity contribution in [1.29, 1.82) is 0 Å². The molecule has 0 heterocycles. The monoisotopic (exact) mass is 413 g/mol. The molecule has 0 fully saturated rings. The van der Waals surface area contributed by atoms with Gasteiger partial charge in [0, 0.05) is 23.7 Å². The average molecular weight is 414 g/mol. The Kier molecular flexibility index (Phi) is 6.50. The average Bonchev–Trinajstić information content (AvgIpc) is 2.66. The maximum absolute atomic E-state index is 13.0. The molecule has 27 heavy (non-hydrogen) atoms. The zero-order valence-electron chi connectivity index (χ0n) is 14.1. The molecule has 0 spiro atoms. The summed E-state index contributed by atoms with van der Waals surface area (Å²) in [5, 5.41) is 20.0. The largest absolute Gasteiger partial charge is 0.289 e. The van der Waals surface area contributed by atoms with E-state index in [0.29, 0.717) is 10.6 Å². The summed E-state index contributed by atoms with van der Waals surface area (Å²) in [6, 6.07) is 9.50. The van der Waals surface area contributed by atoms with Gasteiger partial charge in [0.25, 0.3) is 11.6 Å². The molecule has 0 saturated carbocycles. The fourth-order valence-corrected chi connectivity index (χ4v) is 4.09. The van der Waals surface area contributed by atoms with Gasteiger partial charge in [0.1, 0.15) is 6.04 Å². The van der Waals surface area contributed by atoms with Crippen LogP contribution in [-0.4, -0.2) is 34.8 Å². The number of amides is 1. The fraction of sp³-hybridized carbons (Fsp3) is 0.188. The molecule has 1 unspecified atom stereocenters. The molecule has 0 radical (unpaired) electrons. The number of non-ortho nitro benzene ring substituents is 1. The van der Waals surface area contributed by atoms with Crippen LogP contribution in [-0.2, 0) is 21.4 Å². The minimum absolute atomic E-state index is 0.238. The van der Waals surface area contributed by atoms with Crippen LogP contribution in [0.5, 0.6) is 0 Å². The van der Waals surface area contributed by atoms with Crippen LogP contribution in [0.25, 0.3) is 0 Å². The highest BCUT2D eigenvalue weighted by atomic mass is 35.5. The van der Waals surface area contributed by atoms with Crippen molar-refractivity contribution in [2.24, 2.45) is 0 Å². The van der Waals surface area contributed by atoms with Crippen LogP contribution in [0.1, 0.15) is 12.5 Å². The van der Waals surface area contributed by atoms with E-state index in [2.05, 4.69) is 0 Å². The normalized spacial score (nSPS) is 12.6. The van der Waals surface area contributed by atoms with Gasteiger partial charge in [-0.1, -0.05) is 29.8 Å². The van der Waals surface area contributed by atoms with E-state index in [9.17, 15) is 23.3 Å². The van der Waals surface area contributed by atoms with Crippen molar-refractivity contribution in [2.45, 2.75) is 24.4 Å². The summed E-state index contributed by atoms with van der Waals surface area (Å²) >= 11 is 6.09. The standard InChI is InChI=1S/C16H16ClN3O6S/c1-11(16(21)18-22)19(10-12-4-2-3-5-15(12)17)27(25,26)14-8-6-13(7-9-14)20(23)24/h2-9,11,22H,10H2,1H3,(H,18,21). The second-order valence-corrected chi connectivity index (χ2v) is 7.84. The van der Waals surface area contributed by atoms with Crippen LogP contribution in [0.4, 0.5) is 5.69 Å². The summed E-state index contributed by atoms with van der Waals surface area (Å²) in [5.74, 6) is -0.937. The van der Waals surface area contributed by atoms with Crippen molar-refractivity contribution >= 4 is 33.2 Å². The minimum Gasteiger partial charge on any atom is -0.289 e. The van der Waals surface area contributed by atoms with Crippen molar-refractivity contribution < 1.29 is 23.3 Å². The van der Waals surface area contributed by atoms with E-state index in [-0.39, 0.29) is 17.1 Å². The summed E-state index contributed by atoms with van der Waals surface area (Å²) in [6.07, 6.45) is 0. The maximum atomic E-state index is 13.0. The third kappa shape index (κ3) is 4.61. The topological polar surface area (TPSA) is 130 Å². The predicted octanol–water partition coefficient (Wildman–Crippen LogP) is 2.33. The van der Waals surface area contributed by atoms with Crippen LogP contribution < -0.4 is 5.48 Å². The number of hydrogen-bond acceptors (Lipinski definition) is 6. The number of benzene rings is 2. The molecular weight excluding hydrogens is 398 g/mol. The van der Waals surface area contributed by atoms with Crippen LogP contribution in [0, 0.1) is 10.1 Å². The molecule has 0 aliphatic rings. The van der Waals surface area contributed by atoms with Gasteiger partial charge in [-0.05, 0) is 30.7 Å². The fourth-order valence-electron chi connectivity index (χ4n) is 2.32. The van der Waals surface area contributed by atoms with E-state index in [1.54, 1.807) is 24.3 Å². The predicted molar refractivity (Wildman–Crippen MR) is 96.7 cm³/mol. The first-order chi connectivity index (χ1) is 12.7. The van der Waals surface area contributed by atoms with Crippen molar-refractivity contribution in [2.75, 3.05) is 0 Å². The first-order valence-electron chi connectivity index (χ1n) is 7.62. The van der Waals surface area contributed by atoms with E-state index < -0.39 is 26.9 Å². The molecule has 2 rings (SSSR count). The number of rotatable bonds is 7. The number of hydrogen-bond donors (Lipinski definition) is 2. The Bertz CT molecular complexity index is 949. The molecule has 0 aliphatic carbocycles. The number of nitrogens with zero attached hydrogens (tertiary/aromatic N) is 2. The lowest BCUT2D eigenvalue weighted by molar-refractivity contribution is -0.384. The third-order valence-corrected chi connectivity index (χ3v) is 6.16. The molecule has 1 atom stereocenters. The molecule has 1 amide bonds. The number of nitrogens with one attached hydrogen (secondary N) is 1. The van der Waals surface area contributed by atoms with Crippen molar-refractivity contribution in [3.63, 3.8) is 0 Å². The van der Waals surface area contributed by atoms with Gasteiger partial charge in [0.05, 0.1) is 9.82 Å². The molecule has 0 aromatic heterocycles. The number of carbonyl (C=O) groups excluding carboxylic acids is 1. The summed E-state index contributed by atoms with van der Waals surface area (Å²) in [4.78, 5) is 21.7. The molecule has 0 saturated heterocycles. The summed E-state index contributed by atoms with van der Waals surface area (Å²) < 4.78 is 26.9. The van der Waals surface area contributed by atoms with Crippen LogP contribution in [0.15, 0.2) is 53.4 Å². The van der Waals surface area contributed by atoms with Crippen LogP contribution in [0.3, 0.4) is 0 Å². The number of sulfonamides is 1. The number of carbonyl (C=O) groups is 1. The summed E-state index contributed by atoms with van der Waals surface area (Å²) in [6.45, 7) is 1.05. The molecule has 2 aromatic rings. The highest BCUT2D eigenvalue weighted by Gasteiger charge is 2.33. The van der Waals surface area contributed by atoms with Crippen molar-refractivity contribution in [1.82, 2.24) is 9.79 Å². The van der Waals surface area contributed by atoms with E-state index in [1.165, 1.54) is 12.4 Å². The Hall–Kier alpha value is -2.53. The molecule has 0 aliphatic heterocycles. The number of nitro groups is 1. The number of nitro benzene ring substituents is 1. The van der Waals surface area contributed by atoms with Gasteiger partial charge in [0.2, 0.25) is 10.0 Å². The molecule has 11 heteroatoms. The highest BCUT2D eigenvalue weighted by Crippen LogP contribution is 2.25. The Morgan fingerprint density at radius 2 is 1.85 bits per heavy atom. The van der Waals surface area contributed by atoms with Crippen molar-refractivity contribution in [3.05, 3.63) is 69.2 Å². The Morgan fingerprint density at radius 3 is 2.37 bits per heavy atom. The Labute approximate surface area is 160 Å². The number of halogens is 1. The second-order valence-electron chi connectivity index (χ2n) is 5.54. The lowest BCUT2D eigenvalue weighted by Gasteiger charge is -2.27. The first kappa shape index (κ1) is 20.8. The second kappa shape index (κ2) is 8.44. The highest BCUT2D eigenvalue weighted by molar-refractivity contribution is 7.89. The molecule has 2 aromatic carbocycles. The minimum atomic E-state index is -4.23. The van der Waals surface area contributed by atoms with E-state index in [1.807, 2.05) is 0 Å². The van der Waals surface area contributed by atoms with Crippen LogP contribution >= 0.6 is 11.6 Å². The number of hydroxylamine groups is 1. The first-order valence-corrected chi connectivity index (χ1v) is 9.44. The third-order valence-electron chi connectivity index (χ3n) is 3.86. The van der Waals surface area contributed by atoms with E-state index in [0.717, 1.165) is 28.6 Å². The van der Waals surface area contributed by atoms with E-state index >= 15 is 0 Å². The molecule has 2 N–H and O–H groups in total. The molecular formula is C16H16ClN3O6S. The summed E-state index contributed by atoms with van der Waals surface area (Å²) in [7, 11) is -4.23. The lowest BCUT2D eigenvalue weighted by Crippen LogP contribution is -2.46. The van der Waals surface area contributed by atoms with Gasteiger partial charge in [0.15, 0.2) is 0 Å². The van der Waals surface area contributed by atoms with Gasteiger partial charge < -0.3 is 0 Å². The van der Waals surface area contributed by atoms with E-state index in [4.69, 9.17) is 16.8 Å². The van der Waals surface area contributed by atoms with Gasteiger partial charge in [-0.3, -0.25) is 20.1 Å². The quantitative estimate of drug-likeness (QED) is 0.407. The SMILES string of the molecule is CC(C(=O)NO)N(Cc1ccccc1Cl)S(=O)(=O)c1ccc([N+](=O)[O-])cc1. The zero-order chi connectivity index (χ0) is 20.2. The molecule has 9 nitrogen and oxygen atoms in total. The van der Waals surface area contributed by atoms with Gasteiger partial charge in [-0.25, -0.2) is 13.9 Å². The zero-order valence-corrected chi connectivity index (χ0v) is 15.6. The van der Waals surface area contributed by atoms with Crippen molar-refractivity contribution in [3.8, 4) is 0 Å². The van der Waals surface area contributed by atoms with Gasteiger partial charge in [-0.15, -0.1) is 0 Å². The Morgan fingerprint density at radius 1 is 1.26 bits per heavy atom. The smallest absolute Gasteiger partial charge is 0.269 e.